The Morgan fingerprint density at radius 1 is 1.32 bits per heavy atom. The number of imidazole rings is 2. The fraction of sp³-hybridized carbons (Fsp3) is 0.286. The second kappa shape index (κ2) is 4.42. The Balaban J connectivity index is 1.94. The van der Waals surface area contributed by atoms with E-state index in [0.29, 0.717) is 5.95 Å². The molecule has 5 heteroatoms. The molecule has 0 aliphatic rings. The first-order valence-electron chi connectivity index (χ1n) is 6.34. The summed E-state index contributed by atoms with van der Waals surface area (Å²) in [6.07, 6.45) is 4.61. The number of fused-ring (bicyclic) bond motifs is 1. The quantitative estimate of drug-likeness (QED) is 0.777. The van der Waals surface area contributed by atoms with Crippen molar-refractivity contribution in [3.8, 4) is 0 Å². The van der Waals surface area contributed by atoms with Gasteiger partial charge in [-0.2, -0.15) is 0 Å². The van der Waals surface area contributed by atoms with Gasteiger partial charge in [-0.1, -0.05) is 6.07 Å². The summed E-state index contributed by atoms with van der Waals surface area (Å²) in [4.78, 5) is 8.72. The molecule has 2 heterocycles. The normalized spacial score (nSPS) is 11.3. The van der Waals surface area contributed by atoms with Crippen LogP contribution in [0.25, 0.3) is 11.0 Å². The molecule has 0 saturated heterocycles. The second-order valence-electron chi connectivity index (χ2n) is 4.82. The Kier molecular flexibility index (Phi) is 2.74. The number of nitrogens with zero attached hydrogens (tertiary/aromatic N) is 4. The molecule has 2 N–H and O–H groups in total. The standard InChI is InChI=1S/C14H17N5/c1-10-3-4-11-12(9-10)19(14(15)17-11)7-5-13-16-6-8-18(13)2/h3-4,6,8-9H,5,7H2,1-2H3,(H2,15,17). The van der Waals surface area contributed by atoms with Crippen molar-refractivity contribution in [1.82, 2.24) is 19.1 Å². The third kappa shape index (κ3) is 2.07. The Morgan fingerprint density at radius 3 is 2.89 bits per heavy atom. The van der Waals surface area contributed by atoms with Gasteiger partial charge in [0.1, 0.15) is 5.82 Å². The van der Waals surface area contributed by atoms with Crippen LogP contribution in [0.2, 0.25) is 0 Å². The minimum absolute atomic E-state index is 0.565. The van der Waals surface area contributed by atoms with Crippen molar-refractivity contribution in [2.45, 2.75) is 19.9 Å². The third-order valence-corrected chi connectivity index (χ3v) is 3.41. The van der Waals surface area contributed by atoms with E-state index in [2.05, 4.69) is 33.6 Å². The van der Waals surface area contributed by atoms with E-state index < -0.39 is 0 Å². The highest BCUT2D eigenvalue weighted by Gasteiger charge is 2.09. The number of nitrogens with two attached hydrogens (primary N) is 1. The van der Waals surface area contributed by atoms with Gasteiger partial charge in [0, 0.05) is 32.4 Å². The molecule has 3 aromatic rings. The number of anilines is 1. The maximum atomic E-state index is 6.01. The van der Waals surface area contributed by atoms with Crippen LogP contribution in [0.4, 0.5) is 5.95 Å². The topological polar surface area (TPSA) is 61.7 Å². The van der Waals surface area contributed by atoms with Gasteiger partial charge in [0.05, 0.1) is 11.0 Å². The molecule has 98 valence electrons. The van der Waals surface area contributed by atoms with E-state index in [9.17, 15) is 0 Å². The number of hydrogen-bond acceptors (Lipinski definition) is 3. The molecular weight excluding hydrogens is 238 g/mol. The summed E-state index contributed by atoms with van der Waals surface area (Å²) in [5.41, 5.74) is 9.26. The Morgan fingerprint density at radius 2 is 2.16 bits per heavy atom. The average molecular weight is 255 g/mol. The molecule has 0 aliphatic heterocycles. The minimum Gasteiger partial charge on any atom is -0.369 e. The first kappa shape index (κ1) is 11.8. The van der Waals surface area contributed by atoms with Crippen LogP contribution in [-0.2, 0) is 20.0 Å². The number of benzene rings is 1. The van der Waals surface area contributed by atoms with Crippen LogP contribution in [0, 0.1) is 6.92 Å². The number of nitrogen functional groups attached to an aromatic ring is 1. The Hall–Kier alpha value is -2.30. The van der Waals surface area contributed by atoms with Gasteiger partial charge < -0.3 is 14.9 Å². The summed E-state index contributed by atoms with van der Waals surface area (Å²) in [6.45, 7) is 2.86. The Labute approximate surface area is 111 Å². The molecule has 0 aliphatic carbocycles. The van der Waals surface area contributed by atoms with Gasteiger partial charge in [-0.15, -0.1) is 0 Å². The molecule has 0 saturated carbocycles. The Bertz CT molecular complexity index is 723. The molecule has 5 nitrogen and oxygen atoms in total. The smallest absolute Gasteiger partial charge is 0.201 e. The summed E-state index contributed by atoms with van der Waals surface area (Å²) in [5.74, 6) is 1.61. The van der Waals surface area contributed by atoms with Gasteiger partial charge in [0.2, 0.25) is 5.95 Å². The fourth-order valence-electron chi connectivity index (χ4n) is 2.34. The van der Waals surface area contributed by atoms with Crippen molar-refractivity contribution in [3.63, 3.8) is 0 Å². The molecule has 0 radical (unpaired) electrons. The zero-order valence-electron chi connectivity index (χ0n) is 11.2. The summed E-state index contributed by atoms with van der Waals surface area (Å²) < 4.78 is 4.08. The summed E-state index contributed by atoms with van der Waals surface area (Å²) in [5, 5.41) is 0. The molecule has 1 aromatic carbocycles. The summed E-state index contributed by atoms with van der Waals surface area (Å²) in [6, 6.07) is 6.19. The van der Waals surface area contributed by atoms with Crippen LogP contribution in [0.3, 0.4) is 0 Å². The van der Waals surface area contributed by atoms with Crippen molar-refractivity contribution in [3.05, 3.63) is 42.0 Å². The number of aryl methyl sites for hydroxylation is 4. The van der Waals surface area contributed by atoms with Crippen LogP contribution in [0.5, 0.6) is 0 Å². The zero-order chi connectivity index (χ0) is 13.4. The largest absolute Gasteiger partial charge is 0.369 e. The van der Waals surface area contributed by atoms with Crippen molar-refractivity contribution in [1.29, 1.82) is 0 Å². The van der Waals surface area contributed by atoms with Crippen molar-refractivity contribution in [2.24, 2.45) is 7.05 Å². The highest BCUT2D eigenvalue weighted by atomic mass is 15.2. The van der Waals surface area contributed by atoms with E-state index >= 15 is 0 Å². The van der Waals surface area contributed by atoms with Crippen molar-refractivity contribution in [2.75, 3.05) is 5.73 Å². The first-order valence-corrected chi connectivity index (χ1v) is 6.34. The van der Waals surface area contributed by atoms with Crippen LogP contribution in [-0.4, -0.2) is 19.1 Å². The molecule has 19 heavy (non-hydrogen) atoms. The number of rotatable bonds is 3. The van der Waals surface area contributed by atoms with E-state index in [1.807, 2.05) is 30.1 Å². The molecular formula is C14H17N5. The molecule has 0 bridgehead atoms. The lowest BCUT2D eigenvalue weighted by atomic mass is 10.2. The van der Waals surface area contributed by atoms with Gasteiger partial charge in [0.25, 0.3) is 0 Å². The van der Waals surface area contributed by atoms with Crippen LogP contribution >= 0.6 is 0 Å². The summed E-state index contributed by atoms with van der Waals surface area (Å²) >= 11 is 0. The minimum atomic E-state index is 0.565. The molecule has 3 rings (SSSR count). The highest BCUT2D eigenvalue weighted by Crippen LogP contribution is 2.19. The van der Waals surface area contributed by atoms with Crippen LogP contribution in [0.15, 0.2) is 30.6 Å². The van der Waals surface area contributed by atoms with E-state index in [1.165, 1.54) is 5.56 Å². The van der Waals surface area contributed by atoms with Crippen LogP contribution in [0.1, 0.15) is 11.4 Å². The van der Waals surface area contributed by atoms with Gasteiger partial charge in [-0.25, -0.2) is 9.97 Å². The van der Waals surface area contributed by atoms with Gasteiger partial charge in [-0.3, -0.25) is 0 Å². The zero-order valence-corrected chi connectivity index (χ0v) is 11.2. The molecule has 2 aromatic heterocycles. The van der Waals surface area contributed by atoms with Crippen LogP contribution < -0.4 is 5.73 Å². The van der Waals surface area contributed by atoms with E-state index in [4.69, 9.17) is 5.73 Å². The molecule has 0 fully saturated rings. The molecule has 0 unspecified atom stereocenters. The van der Waals surface area contributed by atoms with Crippen molar-refractivity contribution >= 4 is 17.0 Å². The molecule has 0 spiro atoms. The predicted octanol–water partition coefficient (Wildman–Crippen LogP) is 1.90. The lowest BCUT2D eigenvalue weighted by Crippen LogP contribution is -2.08. The molecule has 0 atom stereocenters. The van der Waals surface area contributed by atoms with E-state index in [0.717, 1.165) is 29.8 Å². The number of aromatic nitrogens is 4. The lowest BCUT2D eigenvalue weighted by molar-refractivity contribution is 0.670. The van der Waals surface area contributed by atoms with Gasteiger partial charge in [-0.05, 0) is 24.6 Å². The van der Waals surface area contributed by atoms with Gasteiger partial charge in [0.15, 0.2) is 0 Å². The monoisotopic (exact) mass is 255 g/mol. The summed E-state index contributed by atoms with van der Waals surface area (Å²) in [7, 11) is 2.00. The maximum Gasteiger partial charge on any atom is 0.201 e. The molecule has 0 amide bonds. The maximum absolute atomic E-state index is 6.01. The SMILES string of the molecule is Cc1ccc2nc(N)n(CCc3nccn3C)c2c1. The average Bonchev–Trinajstić information content (AvgIpc) is 2.90. The van der Waals surface area contributed by atoms with Crippen molar-refractivity contribution < 1.29 is 0 Å². The van der Waals surface area contributed by atoms with E-state index in [1.54, 1.807) is 0 Å². The predicted molar refractivity (Wildman–Crippen MR) is 75.8 cm³/mol. The number of hydrogen-bond donors (Lipinski definition) is 1. The third-order valence-electron chi connectivity index (χ3n) is 3.41. The van der Waals surface area contributed by atoms with Gasteiger partial charge >= 0.3 is 0 Å². The first-order chi connectivity index (χ1) is 9.15. The second-order valence-corrected chi connectivity index (χ2v) is 4.82. The lowest BCUT2D eigenvalue weighted by Gasteiger charge is -2.07. The fourth-order valence-corrected chi connectivity index (χ4v) is 2.34. The van der Waals surface area contributed by atoms with E-state index in [-0.39, 0.29) is 0 Å². The highest BCUT2D eigenvalue weighted by molar-refractivity contribution is 5.79.